The minimum Gasteiger partial charge on any atom is -0.486 e. The first-order valence-corrected chi connectivity index (χ1v) is 15.9. The molecule has 0 radical (unpaired) electrons. The van der Waals surface area contributed by atoms with E-state index in [1.54, 1.807) is 6.20 Å². The molecular weight excluding hydrogens is 605 g/mol. The maximum Gasteiger partial charge on any atom is 0.317 e. The zero-order valence-electron chi connectivity index (χ0n) is 21.9. The highest BCUT2D eigenvalue weighted by molar-refractivity contribution is 14.2. The molecular formula is C31H32IN3O4. The molecule has 0 bridgehead atoms. The molecule has 3 heterocycles. The van der Waals surface area contributed by atoms with Crippen LogP contribution in [0.3, 0.4) is 0 Å². The Morgan fingerprint density at radius 1 is 0.974 bits per heavy atom. The van der Waals surface area contributed by atoms with Crippen molar-refractivity contribution in [1.29, 1.82) is 0 Å². The van der Waals surface area contributed by atoms with Crippen LogP contribution >= 0.6 is 21.0 Å². The molecule has 2 unspecified atom stereocenters. The lowest BCUT2D eigenvalue weighted by Crippen LogP contribution is -2.28. The van der Waals surface area contributed by atoms with Crippen LogP contribution in [-0.4, -0.2) is 58.3 Å². The van der Waals surface area contributed by atoms with Crippen molar-refractivity contribution < 1.29 is 19.1 Å². The number of likely N-dealkylation sites (tertiary alicyclic amines) is 1. The summed E-state index contributed by atoms with van der Waals surface area (Å²) in [6, 6.07) is 18.2. The van der Waals surface area contributed by atoms with Crippen molar-refractivity contribution in [3.8, 4) is 22.8 Å². The second-order valence-corrected chi connectivity index (χ2v) is 13.2. The van der Waals surface area contributed by atoms with Crippen molar-refractivity contribution in [3.05, 3.63) is 77.5 Å². The van der Waals surface area contributed by atoms with Gasteiger partial charge in [-0.05, 0) is 92.2 Å². The summed E-state index contributed by atoms with van der Waals surface area (Å²) in [6.07, 6.45) is 6.22. The maximum absolute atomic E-state index is 13.2. The Kier molecular flexibility index (Phi) is 8.10. The lowest BCUT2D eigenvalue weighted by molar-refractivity contribution is -0.137. The fraction of sp³-hybridized carbons (Fsp3) is 0.387. The number of ether oxygens (including phenoxy) is 2. The summed E-state index contributed by atoms with van der Waals surface area (Å²) in [7, 11) is 0. The Morgan fingerprint density at radius 3 is 2.62 bits per heavy atom. The van der Waals surface area contributed by atoms with E-state index in [4.69, 9.17) is 9.47 Å². The maximum atomic E-state index is 13.2. The van der Waals surface area contributed by atoms with Gasteiger partial charge in [0.05, 0.1) is 5.69 Å². The standard InChI is InChI=1S/C31H32IN3O4/c36-30(25-17-22-7-8-23(18-24(22)19-25)27-5-1-2-10-33-27)31(37)34-32-26(20-35-11-3-4-12-35)15-21-6-9-28-29(16-21)39-14-13-38-28/h1-2,5-10,16,18,25-26H,3-4,11-15,17,19-20H2. The fourth-order valence-electron chi connectivity index (χ4n) is 5.67. The third kappa shape index (κ3) is 6.27. The number of halogens is 1. The normalized spacial score (nSPS) is 19.4. The van der Waals surface area contributed by atoms with Gasteiger partial charge in [0.15, 0.2) is 11.5 Å². The third-order valence-electron chi connectivity index (χ3n) is 7.66. The number of Topliss-reactive ketones (excluding diaryl/α,β-unsaturated/α-hetero) is 1. The van der Waals surface area contributed by atoms with Crippen molar-refractivity contribution in [2.24, 2.45) is 9.06 Å². The number of pyridine rings is 1. The van der Waals surface area contributed by atoms with E-state index in [0.29, 0.717) is 26.1 Å². The molecule has 1 saturated heterocycles. The molecule has 0 N–H and O–H groups in total. The average molecular weight is 638 g/mol. The number of nitrogens with zero attached hydrogens (tertiary/aromatic N) is 3. The van der Waals surface area contributed by atoms with Crippen molar-refractivity contribution in [1.82, 2.24) is 9.88 Å². The van der Waals surface area contributed by atoms with E-state index in [1.165, 1.54) is 12.8 Å². The van der Waals surface area contributed by atoms with Crippen LogP contribution in [0.5, 0.6) is 11.5 Å². The number of carbonyl (C=O) groups is 2. The van der Waals surface area contributed by atoms with Gasteiger partial charge >= 0.3 is 5.91 Å². The van der Waals surface area contributed by atoms with Gasteiger partial charge in [-0.3, -0.25) is 14.6 Å². The lowest BCUT2D eigenvalue weighted by Gasteiger charge is -2.22. The molecule has 1 aromatic heterocycles. The first-order valence-electron chi connectivity index (χ1n) is 13.7. The van der Waals surface area contributed by atoms with Gasteiger partial charge < -0.3 is 14.4 Å². The Morgan fingerprint density at radius 2 is 1.79 bits per heavy atom. The molecule has 1 aliphatic carbocycles. The van der Waals surface area contributed by atoms with Crippen LogP contribution in [0.4, 0.5) is 0 Å². The third-order valence-corrected chi connectivity index (χ3v) is 10.0. The first-order chi connectivity index (χ1) is 19.1. The van der Waals surface area contributed by atoms with Crippen LogP contribution in [0.2, 0.25) is 0 Å². The Hall–Kier alpha value is -2.98. The number of hydrogen-bond acceptors (Lipinski definition) is 6. The summed E-state index contributed by atoms with van der Waals surface area (Å²) < 4.78 is 16.1. The highest BCUT2D eigenvalue weighted by atomic mass is 127. The molecule has 3 aromatic rings. The van der Waals surface area contributed by atoms with E-state index in [2.05, 4.69) is 37.3 Å². The first kappa shape index (κ1) is 26.3. The molecule has 0 saturated carbocycles. The molecule has 7 nitrogen and oxygen atoms in total. The molecule has 1 fully saturated rings. The van der Waals surface area contributed by atoms with E-state index in [-0.39, 0.29) is 15.6 Å². The SMILES string of the molecule is O=C(N=IC(Cc1ccc2c(c1)OCCO2)CN1CCCC1)C(=O)C1Cc2ccc(-c3ccccn3)cc2C1. The number of amides is 1. The summed E-state index contributed by atoms with van der Waals surface area (Å²) >= 11 is -0.849. The molecule has 6 rings (SSSR count). The summed E-state index contributed by atoms with van der Waals surface area (Å²) in [4.78, 5) is 33.1. The molecule has 0 spiro atoms. The Labute approximate surface area is 239 Å². The van der Waals surface area contributed by atoms with E-state index in [1.807, 2.05) is 30.3 Å². The monoisotopic (exact) mass is 637 g/mol. The largest absolute Gasteiger partial charge is 0.486 e. The van der Waals surface area contributed by atoms with Gasteiger partial charge in [0.25, 0.3) is 0 Å². The summed E-state index contributed by atoms with van der Waals surface area (Å²) in [6.45, 7) is 4.23. The average Bonchev–Trinajstić information content (AvgIpc) is 3.65. The molecule has 2 aromatic carbocycles. The van der Waals surface area contributed by atoms with E-state index >= 15 is 0 Å². The number of alkyl halides is 1. The van der Waals surface area contributed by atoms with Crippen LogP contribution in [0.25, 0.3) is 11.3 Å². The zero-order chi connectivity index (χ0) is 26.6. The van der Waals surface area contributed by atoms with Gasteiger partial charge in [0.2, 0.25) is 5.78 Å². The highest BCUT2D eigenvalue weighted by Gasteiger charge is 2.32. The number of rotatable bonds is 8. The summed E-state index contributed by atoms with van der Waals surface area (Å²) in [5.41, 5.74) is 5.37. The topological polar surface area (TPSA) is 81.1 Å². The van der Waals surface area contributed by atoms with Gasteiger partial charge in [-0.25, -0.2) is 0 Å². The van der Waals surface area contributed by atoms with Gasteiger partial charge in [0.1, 0.15) is 13.2 Å². The summed E-state index contributed by atoms with van der Waals surface area (Å²) in [5, 5.41) is 0. The van der Waals surface area contributed by atoms with Crippen LogP contribution in [-0.2, 0) is 28.9 Å². The number of benzene rings is 2. The summed E-state index contributed by atoms with van der Waals surface area (Å²) in [5.74, 6) is 0.357. The van der Waals surface area contributed by atoms with E-state index < -0.39 is 26.9 Å². The van der Waals surface area contributed by atoms with Crippen molar-refractivity contribution in [2.75, 3.05) is 32.8 Å². The van der Waals surface area contributed by atoms with Crippen LogP contribution < -0.4 is 9.47 Å². The number of ketones is 1. The van der Waals surface area contributed by atoms with Crippen molar-refractivity contribution in [3.63, 3.8) is 0 Å². The van der Waals surface area contributed by atoms with Crippen molar-refractivity contribution in [2.45, 2.75) is 36.0 Å². The van der Waals surface area contributed by atoms with Gasteiger partial charge in [-0.2, -0.15) is 3.15 Å². The predicted octanol–water partition coefficient (Wildman–Crippen LogP) is 5.19. The molecule has 202 valence electrons. The molecule has 39 heavy (non-hydrogen) atoms. The molecule has 8 heteroatoms. The molecule has 2 atom stereocenters. The van der Waals surface area contributed by atoms with Crippen LogP contribution in [0.15, 0.2) is 63.9 Å². The lowest BCUT2D eigenvalue weighted by atomic mass is 10.0. The fourth-order valence-corrected chi connectivity index (χ4v) is 8.00. The molecule has 3 aliphatic rings. The quantitative estimate of drug-likeness (QED) is 0.192. The minimum atomic E-state index is -0.849. The zero-order valence-corrected chi connectivity index (χ0v) is 24.0. The number of fused-ring (bicyclic) bond motifs is 2. The smallest absolute Gasteiger partial charge is 0.317 e. The van der Waals surface area contributed by atoms with Crippen LogP contribution in [0.1, 0.15) is 29.5 Å². The highest BCUT2D eigenvalue weighted by Crippen LogP contribution is 2.33. The van der Waals surface area contributed by atoms with E-state index in [0.717, 1.165) is 65.5 Å². The van der Waals surface area contributed by atoms with Crippen LogP contribution in [0, 0.1) is 5.92 Å². The van der Waals surface area contributed by atoms with Crippen molar-refractivity contribution >= 4 is 32.7 Å². The Balaban J connectivity index is 1.12. The predicted molar refractivity (Wildman–Crippen MR) is 158 cm³/mol. The number of aromatic nitrogens is 1. The second kappa shape index (κ2) is 12.0. The van der Waals surface area contributed by atoms with E-state index in [9.17, 15) is 9.59 Å². The van der Waals surface area contributed by atoms with Gasteiger partial charge in [-0.1, -0.05) is 24.3 Å². The Bertz CT molecular complexity index is 1390. The van der Waals surface area contributed by atoms with Gasteiger partial charge in [-0.15, -0.1) is 0 Å². The molecule has 2 aliphatic heterocycles. The number of carbonyl (C=O) groups excluding carboxylic acids is 2. The second-order valence-electron chi connectivity index (χ2n) is 10.4. The minimum absolute atomic E-state index is 0.253. The molecule has 1 amide bonds. The van der Waals surface area contributed by atoms with Gasteiger partial charge in [0, 0.05) is 49.2 Å². The number of hydrogen-bond donors (Lipinski definition) is 0.